The third kappa shape index (κ3) is 3.41. The van der Waals surface area contributed by atoms with Gasteiger partial charge in [-0.3, -0.25) is 0 Å². The van der Waals surface area contributed by atoms with Gasteiger partial charge in [0.15, 0.2) is 0 Å². The number of hydrogen-bond acceptors (Lipinski definition) is 4. The smallest absolute Gasteiger partial charge is 0.308 e. The zero-order chi connectivity index (χ0) is 18.7. The molecule has 0 spiro atoms. The summed E-state index contributed by atoms with van der Waals surface area (Å²) < 4.78 is 29.3. The fraction of sp³-hybridized carbons (Fsp3) is 0.278. The zero-order valence-electron chi connectivity index (χ0n) is 14.3. The van der Waals surface area contributed by atoms with Crippen LogP contribution < -0.4 is 9.62 Å². The molecule has 2 aromatic carbocycles. The monoisotopic (exact) mass is 390 g/mol. The topological polar surface area (TPSA) is 76.4 Å². The van der Waals surface area contributed by atoms with Gasteiger partial charge in [0.2, 0.25) is 0 Å². The van der Waals surface area contributed by atoms with Gasteiger partial charge in [-0.05, 0) is 55.9 Å². The highest BCUT2D eigenvalue weighted by molar-refractivity contribution is 7.91. The van der Waals surface area contributed by atoms with Crippen LogP contribution >= 0.6 is 11.6 Å². The standard InChI is InChI=1S/C18H19ClN4O2S/c1-21-9-4-10-22-13-15-11-14(12-20)7-8-17(15)23(26(22,24)25)18-6-3-2-5-16(18)19/h2-3,5-8,11,21H,4,9-10,13H2,1H3. The van der Waals surface area contributed by atoms with Crippen LogP contribution in [0.5, 0.6) is 0 Å². The van der Waals surface area contributed by atoms with E-state index < -0.39 is 10.2 Å². The first-order valence-electron chi connectivity index (χ1n) is 8.21. The maximum atomic E-state index is 13.3. The number of rotatable bonds is 5. The summed E-state index contributed by atoms with van der Waals surface area (Å²) >= 11 is 6.30. The second-order valence-corrected chi connectivity index (χ2v) is 8.15. The summed E-state index contributed by atoms with van der Waals surface area (Å²) in [6.07, 6.45) is 0.680. The van der Waals surface area contributed by atoms with E-state index in [0.717, 1.165) is 5.56 Å². The highest BCUT2D eigenvalue weighted by Gasteiger charge is 2.38. The number of nitrogens with one attached hydrogen (secondary N) is 1. The molecule has 0 unspecified atom stereocenters. The van der Waals surface area contributed by atoms with Gasteiger partial charge in [-0.15, -0.1) is 0 Å². The van der Waals surface area contributed by atoms with Crippen LogP contribution in [0, 0.1) is 11.3 Å². The van der Waals surface area contributed by atoms with Crippen molar-refractivity contribution >= 4 is 33.2 Å². The van der Waals surface area contributed by atoms with Crippen molar-refractivity contribution in [3.63, 3.8) is 0 Å². The van der Waals surface area contributed by atoms with Crippen LogP contribution in [0.25, 0.3) is 0 Å². The lowest BCUT2D eigenvalue weighted by molar-refractivity contribution is 0.392. The maximum Gasteiger partial charge on any atom is 0.308 e. The molecule has 8 heteroatoms. The molecule has 0 bridgehead atoms. The summed E-state index contributed by atoms with van der Waals surface area (Å²) in [5.41, 5.74) is 2.21. The number of anilines is 2. The molecule has 1 aliphatic rings. The van der Waals surface area contributed by atoms with Crippen molar-refractivity contribution in [1.29, 1.82) is 5.26 Å². The van der Waals surface area contributed by atoms with Crippen molar-refractivity contribution < 1.29 is 8.42 Å². The fourth-order valence-electron chi connectivity index (χ4n) is 2.99. The van der Waals surface area contributed by atoms with E-state index in [2.05, 4.69) is 11.4 Å². The minimum absolute atomic E-state index is 0.234. The van der Waals surface area contributed by atoms with Crippen molar-refractivity contribution in [2.75, 3.05) is 24.4 Å². The Morgan fingerprint density at radius 2 is 2.00 bits per heavy atom. The van der Waals surface area contributed by atoms with Gasteiger partial charge >= 0.3 is 10.2 Å². The molecule has 26 heavy (non-hydrogen) atoms. The van der Waals surface area contributed by atoms with E-state index in [-0.39, 0.29) is 6.54 Å². The highest BCUT2D eigenvalue weighted by Crippen LogP contribution is 2.41. The second-order valence-electron chi connectivity index (χ2n) is 5.97. The van der Waals surface area contributed by atoms with E-state index in [1.165, 1.54) is 8.61 Å². The molecule has 0 saturated heterocycles. The van der Waals surface area contributed by atoms with Gasteiger partial charge in [-0.1, -0.05) is 23.7 Å². The molecule has 0 amide bonds. The largest absolute Gasteiger partial charge is 0.320 e. The number of benzene rings is 2. The first kappa shape index (κ1) is 18.7. The molecule has 0 fully saturated rings. The zero-order valence-corrected chi connectivity index (χ0v) is 15.9. The molecule has 1 aliphatic heterocycles. The summed E-state index contributed by atoms with van der Waals surface area (Å²) in [6, 6.07) is 14.0. The third-order valence-electron chi connectivity index (χ3n) is 4.24. The van der Waals surface area contributed by atoms with Crippen LogP contribution in [0.1, 0.15) is 17.5 Å². The van der Waals surface area contributed by atoms with E-state index in [9.17, 15) is 13.7 Å². The Kier molecular flexibility index (Phi) is 5.49. The Morgan fingerprint density at radius 3 is 2.69 bits per heavy atom. The molecule has 0 radical (unpaired) electrons. The van der Waals surface area contributed by atoms with Crippen molar-refractivity contribution in [3.05, 3.63) is 58.6 Å². The Bertz CT molecular complexity index is 956. The van der Waals surface area contributed by atoms with E-state index in [4.69, 9.17) is 11.6 Å². The van der Waals surface area contributed by atoms with Gasteiger partial charge < -0.3 is 5.32 Å². The van der Waals surface area contributed by atoms with Gasteiger partial charge in [0.05, 0.1) is 28.0 Å². The number of nitrogens with zero attached hydrogens (tertiary/aromatic N) is 3. The number of halogens is 1. The molecule has 3 rings (SSSR count). The second kappa shape index (κ2) is 7.64. The molecule has 0 atom stereocenters. The summed E-state index contributed by atoms with van der Waals surface area (Å²) in [7, 11) is -1.95. The summed E-state index contributed by atoms with van der Waals surface area (Å²) in [5.74, 6) is 0. The van der Waals surface area contributed by atoms with Crippen LogP contribution in [0.3, 0.4) is 0 Å². The molecule has 1 N–H and O–H groups in total. The van der Waals surface area contributed by atoms with E-state index in [1.807, 2.05) is 7.05 Å². The molecular weight excluding hydrogens is 372 g/mol. The van der Waals surface area contributed by atoms with E-state index in [0.29, 0.717) is 41.5 Å². The van der Waals surface area contributed by atoms with Crippen LogP contribution in [0.4, 0.5) is 11.4 Å². The summed E-state index contributed by atoms with van der Waals surface area (Å²) in [4.78, 5) is 0. The molecule has 0 aliphatic carbocycles. The van der Waals surface area contributed by atoms with Crippen LogP contribution in [0.15, 0.2) is 42.5 Å². The molecule has 0 saturated carbocycles. The van der Waals surface area contributed by atoms with Gasteiger partial charge in [-0.25, -0.2) is 4.31 Å². The number of nitriles is 1. The van der Waals surface area contributed by atoms with Crippen LogP contribution in [-0.4, -0.2) is 32.9 Å². The molecule has 6 nitrogen and oxygen atoms in total. The Morgan fingerprint density at radius 1 is 1.23 bits per heavy atom. The number of fused-ring (bicyclic) bond motifs is 1. The third-order valence-corrected chi connectivity index (χ3v) is 6.38. The Labute approximate surface area is 158 Å². The molecule has 136 valence electrons. The normalized spacial score (nSPS) is 16.1. The average molecular weight is 391 g/mol. The summed E-state index contributed by atoms with van der Waals surface area (Å²) in [6.45, 7) is 1.32. The van der Waals surface area contributed by atoms with Crippen LogP contribution in [0.2, 0.25) is 5.02 Å². The van der Waals surface area contributed by atoms with Gasteiger partial charge in [0.25, 0.3) is 0 Å². The molecule has 1 heterocycles. The Hall–Kier alpha value is -2.11. The fourth-order valence-corrected chi connectivity index (χ4v) is 4.99. The van der Waals surface area contributed by atoms with E-state index >= 15 is 0 Å². The lowest BCUT2D eigenvalue weighted by Gasteiger charge is -2.37. The predicted molar refractivity (Wildman–Crippen MR) is 103 cm³/mol. The lowest BCUT2D eigenvalue weighted by Crippen LogP contribution is -2.46. The predicted octanol–water partition coefficient (Wildman–Crippen LogP) is 3.02. The van der Waals surface area contributed by atoms with Crippen molar-refractivity contribution in [2.24, 2.45) is 0 Å². The molecule has 2 aromatic rings. The SMILES string of the molecule is CNCCCN1Cc2cc(C#N)ccc2N(c2ccccc2Cl)S1(=O)=O. The summed E-state index contributed by atoms with van der Waals surface area (Å²) in [5, 5.41) is 12.6. The molecular formula is C18H19ClN4O2S. The van der Waals surface area contributed by atoms with Crippen molar-refractivity contribution in [3.8, 4) is 6.07 Å². The minimum atomic E-state index is -3.78. The quantitative estimate of drug-likeness (QED) is 0.796. The van der Waals surface area contributed by atoms with Gasteiger partial charge in [0, 0.05) is 13.1 Å². The van der Waals surface area contributed by atoms with Crippen LogP contribution in [-0.2, 0) is 16.8 Å². The van der Waals surface area contributed by atoms with Gasteiger partial charge in [0.1, 0.15) is 0 Å². The molecule has 0 aromatic heterocycles. The Balaban J connectivity index is 2.14. The minimum Gasteiger partial charge on any atom is -0.320 e. The van der Waals surface area contributed by atoms with E-state index in [1.54, 1.807) is 42.5 Å². The maximum absolute atomic E-state index is 13.3. The number of hydrogen-bond donors (Lipinski definition) is 1. The van der Waals surface area contributed by atoms with Gasteiger partial charge in [-0.2, -0.15) is 18.0 Å². The first-order chi connectivity index (χ1) is 12.5. The van der Waals surface area contributed by atoms with Crippen molar-refractivity contribution in [2.45, 2.75) is 13.0 Å². The lowest BCUT2D eigenvalue weighted by atomic mass is 10.1. The van der Waals surface area contributed by atoms with Crippen molar-refractivity contribution in [1.82, 2.24) is 9.62 Å². The number of para-hydroxylation sites is 1. The first-order valence-corrected chi connectivity index (χ1v) is 9.99. The average Bonchev–Trinajstić information content (AvgIpc) is 2.63. The highest BCUT2D eigenvalue weighted by atomic mass is 35.5.